The van der Waals surface area contributed by atoms with E-state index >= 15 is 0 Å². The molecule has 1 aliphatic heterocycles. The van der Waals surface area contributed by atoms with Crippen molar-refractivity contribution in [2.24, 2.45) is 5.73 Å². The Morgan fingerprint density at radius 1 is 1.39 bits per heavy atom. The normalized spacial score (nSPS) is 23.4. The van der Waals surface area contributed by atoms with Gasteiger partial charge in [0, 0.05) is 29.0 Å². The molecule has 2 aromatic heterocycles. The molecular formula is C11H11BrN4O2. The van der Waals surface area contributed by atoms with Gasteiger partial charge in [0.2, 0.25) is 11.7 Å². The first kappa shape index (κ1) is 11.8. The minimum Gasteiger partial charge on any atom is -0.379 e. The van der Waals surface area contributed by atoms with Gasteiger partial charge in [-0.1, -0.05) is 5.16 Å². The Hall–Kier alpha value is -1.31. The highest BCUT2D eigenvalue weighted by Gasteiger charge is 2.38. The number of pyridine rings is 1. The van der Waals surface area contributed by atoms with E-state index in [4.69, 9.17) is 15.0 Å². The first-order valence-electron chi connectivity index (χ1n) is 5.49. The van der Waals surface area contributed by atoms with E-state index in [0.717, 1.165) is 10.0 Å². The number of ether oxygens (including phenoxy) is 1. The summed E-state index contributed by atoms with van der Waals surface area (Å²) in [6.07, 6.45) is 4.05. The molecule has 94 valence electrons. The maximum Gasteiger partial charge on any atom is 0.249 e. The van der Waals surface area contributed by atoms with Gasteiger partial charge in [-0.25, -0.2) is 0 Å². The summed E-state index contributed by atoms with van der Waals surface area (Å²) in [6, 6.07) is 1.87. The van der Waals surface area contributed by atoms with Gasteiger partial charge < -0.3 is 15.0 Å². The Kier molecular flexibility index (Phi) is 2.89. The highest BCUT2D eigenvalue weighted by atomic mass is 79.9. The van der Waals surface area contributed by atoms with Crippen LogP contribution in [0.2, 0.25) is 0 Å². The van der Waals surface area contributed by atoms with Crippen molar-refractivity contribution in [3.8, 4) is 11.4 Å². The Bertz CT molecular complexity index is 566. The SMILES string of the molecule is NC1(c2nc(-c3cncc(Br)c3)no2)CCOC1. The van der Waals surface area contributed by atoms with Crippen molar-refractivity contribution >= 4 is 15.9 Å². The van der Waals surface area contributed by atoms with Crippen molar-refractivity contribution in [1.29, 1.82) is 0 Å². The van der Waals surface area contributed by atoms with Crippen LogP contribution < -0.4 is 5.73 Å². The number of nitrogens with two attached hydrogens (primary N) is 1. The van der Waals surface area contributed by atoms with Gasteiger partial charge in [-0.3, -0.25) is 4.98 Å². The van der Waals surface area contributed by atoms with Crippen LogP contribution in [0.4, 0.5) is 0 Å². The molecule has 7 heteroatoms. The van der Waals surface area contributed by atoms with E-state index in [1.165, 1.54) is 0 Å². The van der Waals surface area contributed by atoms with Crippen LogP contribution in [0.3, 0.4) is 0 Å². The molecule has 1 saturated heterocycles. The Morgan fingerprint density at radius 2 is 2.28 bits per heavy atom. The molecule has 0 aromatic carbocycles. The molecule has 0 saturated carbocycles. The second kappa shape index (κ2) is 4.42. The third kappa shape index (κ3) is 2.05. The highest BCUT2D eigenvalue weighted by Crippen LogP contribution is 2.28. The quantitative estimate of drug-likeness (QED) is 0.903. The van der Waals surface area contributed by atoms with Crippen LogP contribution in [-0.2, 0) is 10.3 Å². The average molecular weight is 311 g/mol. The summed E-state index contributed by atoms with van der Waals surface area (Å²) < 4.78 is 11.4. The van der Waals surface area contributed by atoms with E-state index in [9.17, 15) is 0 Å². The minimum atomic E-state index is -0.662. The molecule has 3 rings (SSSR count). The maximum atomic E-state index is 6.16. The average Bonchev–Trinajstić information content (AvgIpc) is 2.98. The Balaban J connectivity index is 1.94. The van der Waals surface area contributed by atoms with Crippen molar-refractivity contribution in [3.05, 3.63) is 28.8 Å². The minimum absolute atomic E-state index is 0.408. The molecule has 0 aliphatic carbocycles. The standard InChI is InChI=1S/C11H11BrN4O2/c12-8-3-7(4-14-5-8)9-15-10(18-16-9)11(13)1-2-17-6-11/h3-5H,1-2,6,13H2. The van der Waals surface area contributed by atoms with E-state index in [-0.39, 0.29) is 0 Å². The predicted molar refractivity (Wildman–Crippen MR) is 66.5 cm³/mol. The van der Waals surface area contributed by atoms with Crippen molar-refractivity contribution < 1.29 is 9.26 Å². The molecule has 6 nitrogen and oxygen atoms in total. The van der Waals surface area contributed by atoms with Gasteiger partial charge in [0.05, 0.1) is 6.61 Å². The highest BCUT2D eigenvalue weighted by molar-refractivity contribution is 9.10. The van der Waals surface area contributed by atoms with E-state index in [1.807, 2.05) is 6.07 Å². The Labute approximate surface area is 112 Å². The molecule has 18 heavy (non-hydrogen) atoms. The number of aromatic nitrogens is 3. The zero-order valence-corrected chi connectivity index (χ0v) is 11.1. The van der Waals surface area contributed by atoms with E-state index in [0.29, 0.717) is 31.3 Å². The molecule has 1 atom stereocenters. The lowest BCUT2D eigenvalue weighted by molar-refractivity contribution is 0.166. The van der Waals surface area contributed by atoms with Gasteiger partial charge in [-0.15, -0.1) is 0 Å². The molecule has 1 unspecified atom stereocenters. The summed E-state index contributed by atoms with van der Waals surface area (Å²) in [5, 5.41) is 3.93. The van der Waals surface area contributed by atoms with Crippen LogP contribution >= 0.6 is 15.9 Å². The lowest BCUT2D eigenvalue weighted by atomic mass is 10.0. The molecule has 2 aromatic rings. The van der Waals surface area contributed by atoms with Gasteiger partial charge in [-0.05, 0) is 28.4 Å². The first-order valence-corrected chi connectivity index (χ1v) is 6.28. The second-order valence-electron chi connectivity index (χ2n) is 4.27. The van der Waals surface area contributed by atoms with Gasteiger partial charge in [0.15, 0.2) is 0 Å². The summed E-state index contributed by atoms with van der Waals surface area (Å²) in [6.45, 7) is 1.03. The molecule has 1 fully saturated rings. The maximum absolute atomic E-state index is 6.16. The summed E-state index contributed by atoms with van der Waals surface area (Å²) in [7, 11) is 0. The van der Waals surface area contributed by atoms with Gasteiger partial charge in [0.1, 0.15) is 5.54 Å². The van der Waals surface area contributed by atoms with Crippen molar-refractivity contribution in [2.45, 2.75) is 12.0 Å². The molecule has 1 aliphatic rings. The number of rotatable bonds is 2. The van der Waals surface area contributed by atoms with Crippen molar-refractivity contribution in [1.82, 2.24) is 15.1 Å². The largest absolute Gasteiger partial charge is 0.379 e. The number of hydrogen-bond donors (Lipinski definition) is 1. The van der Waals surface area contributed by atoms with Crippen molar-refractivity contribution in [3.63, 3.8) is 0 Å². The third-order valence-corrected chi connectivity index (χ3v) is 3.30. The number of halogens is 1. The van der Waals surface area contributed by atoms with Gasteiger partial charge in [-0.2, -0.15) is 4.98 Å². The predicted octanol–water partition coefficient (Wildman–Crippen LogP) is 1.47. The molecule has 2 N–H and O–H groups in total. The zero-order valence-electron chi connectivity index (χ0n) is 9.47. The molecule has 3 heterocycles. The summed E-state index contributed by atoms with van der Waals surface area (Å²) in [4.78, 5) is 8.39. The lowest BCUT2D eigenvalue weighted by Gasteiger charge is -2.14. The van der Waals surface area contributed by atoms with Gasteiger partial charge in [0.25, 0.3) is 0 Å². The molecular weight excluding hydrogens is 300 g/mol. The monoisotopic (exact) mass is 310 g/mol. The lowest BCUT2D eigenvalue weighted by Crippen LogP contribution is -2.37. The summed E-state index contributed by atoms with van der Waals surface area (Å²) >= 11 is 3.35. The van der Waals surface area contributed by atoms with Gasteiger partial charge >= 0.3 is 0 Å². The summed E-state index contributed by atoms with van der Waals surface area (Å²) in [5.74, 6) is 0.894. The third-order valence-electron chi connectivity index (χ3n) is 2.87. The van der Waals surface area contributed by atoms with Crippen LogP contribution in [0.25, 0.3) is 11.4 Å². The number of hydrogen-bond acceptors (Lipinski definition) is 6. The fraction of sp³-hybridized carbons (Fsp3) is 0.364. The molecule has 0 bridgehead atoms. The van der Waals surface area contributed by atoms with Crippen LogP contribution in [0.1, 0.15) is 12.3 Å². The summed E-state index contributed by atoms with van der Waals surface area (Å²) in [5.41, 5.74) is 6.27. The van der Waals surface area contributed by atoms with E-state index in [1.54, 1.807) is 12.4 Å². The molecule has 0 amide bonds. The fourth-order valence-corrected chi connectivity index (χ4v) is 2.19. The van der Waals surface area contributed by atoms with E-state index in [2.05, 4.69) is 31.1 Å². The van der Waals surface area contributed by atoms with Crippen LogP contribution in [0, 0.1) is 0 Å². The van der Waals surface area contributed by atoms with E-state index < -0.39 is 5.54 Å². The second-order valence-corrected chi connectivity index (χ2v) is 5.19. The zero-order chi connectivity index (χ0) is 12.6. The van der Waals surface area contributed by atoms with Crippen LogP contribution in [0.15, 0.2) is 27.5 Å². The first-order chi connectivity index (χ1) is 8.67. The van der Waals surface area contributed by atoms with Crippen molar-refractivity contribution in [2.75, 3.05) is 13.2 Å². The smallest absolute Gasteiger partial charge is 0.249 e. The molecule has 0 spiro atoms. The topological polar surface area (TPSA) is 87.1 Å². The number of nitrogens with zero attached hydrogens (tertiary/aromatic N) is 3. The molecule has 0 radical (unpaired) electrons. The Morgan fingerprint density at radius 3 is 3.00 bits per heavy atom. The van der Waals surface area contributed by atoms with Crippen LogP contribution in [-0.4, -0.2) is 28.3 Å². The van der Waals surface area contributed by atoms with Crippen LogP contribution in [0.5, 0.6) is 0 Å². The fourth-order valence-electron chi connectivity index (χ4n) is 1.83.